The van der Waals surface area contributed by atoms with Crippen LogP contribution in [0.3, 0.4) is 0 Å². The molecule has 8 heteroatoms. The SMILES string of the molecule is O=C(O)C[C@@H](NC(=O)OCc1ccccc1)c1ccccc1[N+](=O)[O-]. The standard InChI is InChI=1S/C17H16N2O6/c20-16(21)10-14(13-8-4-5-9-15(13)19(23)24)18-17(22)25-11-12-6-2-1-3-7-12/h1-9,14H,10-11H2,(H,18,22)(H,20,21)/t14-/m1/s1. The molecule has 2 aromatic carbocycles. The summed E-state index contributed by atoms with van der Waals surface area (Å²) >= 11 is 0. The number of hydrogen-bond acceptors (Lipinski definition) is 5. The smallest absolute Gasteiger partial charge is 0.407 e. The third-order valence-corrected chi connectivity index (χ3v) is 3.39. The fraction of sp³-hybridized carbons (Fsp3) is 0.176. The Labute approximate surface area is 143 Å². The summed E-state index contributed by atoms with van der Waals surface area (Å²) in [7, 11) is 0. The number of carbonyl (C=O) groups excluding carboxylic acids is 1. The molecule has 0 aliphatic heterocycles. The summed E-state index contributed by atoms with van der Waals surface area (Å²) in [6, 6.07) is 13.5. The Balaban J connectivity index is 2.11. The van der Waals surface area contributed by atoms with Gasteiger partial charge in [-0.1, -0.05) is 48.5 Å². The largest absolute Gasteiger partial charge is 0.481 e. The zero-order chi connectivity index (χ0) is 18.2. The van der Waals surface area contributed by atoms with E-state index >= 15 is 0 Å². The molecule has 1 amide bonds. The number of nitro benzene ring substituents is 1. The van der Waals surface area contributed by atoms with E-state index in [4.69, 9.17) is 9.84 Å². The lowest BCUT2D eigenvalue weighted by atomic mass is 10.0. The number of aliphatic carboxylic acids is 1. The fourth-order valence-electron chi connectivity index (χ4n) is 2.27. The maximum absolute atomic E-state index is 12.0. The second-order valence-electron chi connectivity index (χ2n) is 5.17. The molecule has 8 nitrogen and oxygen atoms in total. The lowest BCUT2D eigenvalue weighted by molar-refractivity contribution is -0.385. The molecular weight excluding hydrogens is 328 g/mol. The molecule has 0 saturated heterocycles. The molecule has 0 aromatic heterocycles. The van der Waals surface area contributed by atoms with E-state index < -0.39 is 29.4 Å². The van der Waals surface area contributed by atoms with Gasteiger partial charge in [0.25, 0.3) is 5.69 Å². The Morgan fingerprint density at radius 1 is 1.12 bits per heavy atom. The summed E-state index contributed by atoms with van der Waals surface area (Å²) in [5.74, 6) is -1.20. The Bertz CT molecular complexity index is 763. The number of benzene rings is 2. The Kier molecular flexibility index (Phi) is 6.05. The number of carboxylic acids is 1. The summed E-state index contributed by atoms with van der Waals surface area (Å²) in [5.41, 5.74) is 0.599. The van der Waals surface area contributed by atoms with Crippen LogP contribution >= 0.6 is 0 Å². The third kappa shape index (κ3) is 5.31. The first-order valence-electron chi connectivity index (χ1n) is 7.39. The molecule has 0 saturated carbocycles. The van der Waals surface area contributed by atoms with Gasteiger partial charge in [0.1, 0.15) is 6.61 Å². The topological polar surface area (TPSA) is 119 Å². The number of ether oxygens (including phenoxy) is 1. The van der Waals surface area contributed by atoms with Crippen molar-refractivity contribution in [2.45, 2.75) is 19.1 Å². The number of nitrogens with zero attached hydrogens (tertiary/aromatic N) is 1. The predicted molar refractivity (Wildman–Crippen MR) is 87.9 cm³/mol. The van der Waals surface area contributed by atoms with Crippen molar-refractivity contribution < 1.29 is 24.4 Å². The molecule has 2 aromatic rings. The number of amides is 1. The van der Waals surface area contributed by atoms with Gasteiger partial charge in [-0.2, -0.15) is 0 Å². The number of hydrogen-bond donors (Lipinski definition) is 2. The first kappa shape index (κ1) is 17.9. The molecule has 2 N–H and O–H groups in total. The molecule has 2 rings (SSSR count). The van der Waals surface area contributed by atoms with Crippen molar-refractivity contribution in [2.75, 3.05) is 0 Å². The highest BCUT2D eigenvalue weighted by molar-refractivity contribution is 5.72. The maximum Gasteiger partial charge on any atom is 0.407 e. The summed E-state index contributed by atoms with van der Waals surface area (Å²) in [5, 5.41) is 22.5. The van der Waals surface area contributed by atoms with E-state index in [0.717, 1.165) is 5.56 Å². The van der Waals surface area contributed by atoms with E-state index in [0.29, 0.717) is 0 Å². The lowest BCUT2D eigenvalue weighted by Crippen LogP contribution is -2.31. The molecule has 0 aliphatic rings. The minimum absolute atomic E-state index is 0.00332. The van der Waals surface area contributed by atoms with Crippen molar-refractivity contribution in [3.63, 3.8) is 0 Å². The highest BCUT2D eigenvalue weighted by atomic mass is 16.6. The Morgan fingerprint density at radius 3 is 2.40 bits per heavy atom. The van der Waals surface area contributed by atoms with Gasteiger partial charge in [0.2, 0.25) is 0 Å². The van der Waals surface area contributed by atoms with Gasteiger partial charge in [0.15, 0.2) is 0 Å². The van der Waals surface area contributed by atoms with Crippen LogP contribution in [0.4, 0.5) is 10.5 Å². The van der Waals surface area contributed by atoms with Crippen molar-refractivity contribution >= 4 is 17.7 Å². The van der Waals surface area contributed by atoms with Crippen LogP contribution in [0.2, 0.25) is 0 Å². The van der Waals surface area contributed by atoms with Crippen LogP contribution in [0, 0.1) is 10.1 Å². The molecule has 1 atom stereocenters. The predicted octanol–water partition coefficient (Wildman–Crippen LogP) is 3.04. The number of carbonyl (C=O) groups is 2. The number of alkyl carbamates (subject to hydrolysis) is 1. The van der Waals surface area contributed by atoms with Gasteiger partial charge in [-0.25, -0.2) is 4.79 Å². The summed E-state index contributed by atoms with van der Waals surface area (Å²) < 4.78 is 5.05. The van der Waals surface area contributed by atoms with E-state index in [2.05, 4.69) is 5.32 Å². The minimum atomic E-state index is -1.20. The van der Waals surface area contributed by atoms with Crippen molar-refractivity contribution in [1.82, 2.24) is 5.32 Å². The summed E-state index contributed by atoms with van der Waals surface area (Å²) in [4.78, 5) is 33.5. The average molecular weight is 344 g/mol. The quantitative estimate of drug-likeness (QED) is 0.588. The van der Waals surface area contributed by atoms with E-state index in [-0.39, 0.29) is 17.9 Å². The van der Waals surface area contributed by atoms with Gasteiger partial charge in [-0.3, -0.25) is 14.9 Å². The van der Waals surface area contributed by atoms with E-state index in [1.807, 2.05) is 6.07 Å². The first-order chi connectivity index (χ1) is 12.0. The van der Waals surface area contributed by atoms with Crippen LogP contribution in [-0.4, -0.2) is 22.1 Å². The number of para-hydroxylation sites is 1. The Morgan fingerprint density at radius 2 is 1.76 bits per heavy atom. The molecule has 0 fully saturated rings. The van der Waals surface area contributed by atoms with Crippen LogP contribution in [0.1, 0.15) is 23.6 Å². The molecule has 0 spiro atoms. The first-order valence-corrected chi connectivity index (χ1v) is 7.39. The van der Waals surface area contributed by atoms with Gasteiger partial charge in [-0.05, 0) is 5.56 Å². The normalized spacial score (nSPS) is 11.4. The van der Waals surface area contributed by atoms with Crippen LogP contribution in [0.15, 0.2) is 54.6 Å². The van der Waals surface area contributed by atoms with Crippen molar-refractivity contribution in [3.8, 4) is 0 Å². The Hall–Kier alpha value is -3.42. The maximum atomic E-state index is 12.0. The highest BCUT2D eigenvalue weighted by Gasteiger charge is 2.25. The van der Waals surface area contributed by atoms with Crippen LogP contribution in [0.25, 0.3) is 0 Å². The van der Waals surface area contributed by atoms with Crippen LogP contribution in [0.5, 0.6) is 0 Å². The van der Waals surface area contributed by atoms with E-state index in [9.17, 15) is 19.7 Å². The highest BCUT2D eigenvalue weighted by Crippen LogP contribution is 2.27. The number of nitrogens with one attached hydrogen (secondary N) is 1. The fourth-order valence-corrected chi connectivity index (χ4v) is 2.27. The molecule has 130 valence electrons. The van der Waals surface area contributed by atoms with Gasteiger partial charge in [-0.15, -0.1) is 0 Å². The van der Waals surface area contributed by atoms with Crippen LogP contribution in [-0.2, 0) is 16.1 Å². The zero-order valence-electron chi connectivity index (χ0n) is 13.1. The lowest BCUT2D eigenvalue weighted by Gasteiger charge is -2.17. The molecule has 0 bridgehead atoms. The molecule has 25 heavy (non-hydrogen) atoms. The second-order valence-corrected chi connectivity index (χ2v) is 5.17. The van der Waals surface area contributed by atoms with Crippen LogP contribution < -0.4 is 5.32 Å². The zero-order valence-corrected chi connectivity index (χ0v) is 13.1. The molecule has 0 radical (unpaired) electrons. The van der Waals surface area contributed by atoms with Crippen molar-refractivity contribution in [1.29, 1.82) is 0 Å². The monoisotopic (exact) mass is 344 g/mol. The van der Waals surface area contributed by atoms with E-state index in [1.165, 1.54) is 24.3 Å². The second kappa shape index (κ2) is 8.44. The average Bonchev–Trinajstić information content (AvgIpc) is 2.60. The molecule has 0 unspecified atom stereocenters. The van der Waals surface area contributed by atoms with Gasteiger partial charge in [0.05, 0.1) is 22.9 Å². The molecule has 0 aliphatic carbocycles. The number of rotatable bonds is 7. The van der Waals surface area contributed by atoms with Gasteiger partial charge >= 0.3 is 12.1 Å². The third-order valence-electron chi connectivity index (χ3n) is 3.39. The molecule has 0 heterocycles. The summed E-state index contributed by atoms with van der Waals surface area (Å²) in [6.45, 7) is 0.00332. The minimum Gasteiger partial charge on any atom is -0.481 e. The van der Waals surface area contributed by atoms with Gasteiger partial charge in [0, 0.05) is 6.07 Å². The summed E-state index contributed by atoms with van der Waals surface area (Å²) in [6.07, 6.45) is -1.36. The number of carboxylic acid groups (broad SMARTS) is 1. The van der Waals surface area contributed by atoms with E-state index in [1.54, 1.807) is 24.3 Å². The van der Waals surface area contributed by atoms with Crippen molar-refractivity contribution in [3.05, 3.63) is 75.8 Å². The number of nitro groups is 1. The van der Waals surface area contributed by atoms with Crippen molar-refractivity contribution in [2.24, 2.45) is 0 Å². The van der Waals surface area contributed by atoms with Gasteiger partial charge < -0.3 is 15.2 Å². The molecular formula is C17H16N2O6.